The van der Waals surface area contributed by atoms with E-state index in [0.717, 1.165) is 5.52 Å². The van der Waals surface area contributed by atoms with Crippen molar-refractivity contribution in [2.45, 2.75) is 0 Å². The van der Waals surface area contributed by atoms with E-state index in [4.69, 9.17) is 0 Å². The van der Waals surface area contributed by atoms with Crippen LogP contribution in [-0.4, -0.2) is 21.0 Å². The second-order valence-corrected chi connectivity index (χ2v) is 4.28. The number of ketones is 1. The number of rotatable bonds is 2. The molecule has 94 valence electrons. The molecule has 4 nitrogen and oxygen atoms in total. The van der Waals surface area contributed by atoms with Gasteiger partial charge < -0.3 is 15.2 Å². The van der Waals surface area contributed by atoms with Gasteiger partial charge in [0.05, 0.1) is 5.56 Å². The third-order valence-electron chi connectivity index (χ3n) is 3.06. The molecule has 0 bridgehead atoms. The van der Waals surface area contributed by atoms with Crippen molar-refractivity contribution in [3.05, 3.63) is 59.8 Å². The summed E-state index contributed by atoms with van der Waals surface area (Å²) in [7, 11) is 0. The quantitative estimate of drug-likeness (QED) is 0.615. The lowest BCUT2D eigenvalue weighted by Crippen LogP contribution is -2.00. The Kier molecular flexibility index (Phi) is 2.49. The highest BCUT2D eigenvalue weighted by atomic mass is 16.3. The van der Waals surface area contributed by atoms with E-state index in [9.17, 15) is 15.0 Å². The Morgan fingerprint density at radius 2 is 1.79 bits per heavy atom. The molecule has 0 saturated carbocycles. The van der Waals surface area contributed by atoms with Crippen molar-refractivity contribution in [1.82, 2.24) is 4.98 Å². The summed E-state index contributed by atoms with van der Waals surface area (Å²) < 4.78 is 0. The number of aromatic amines is 1. The summed E-state index contributed by atoms with van der Waals surface area (Å²) in [5.41, 5.74) is 1.43. The summed E-state index contributed by atoms with van der Waals surface area (Å²) >= 11 is 0. The first kappa shape index (κ1) is 11.3. The molecule has 1 aromatic heterocycles. The van der Waals surface area contributed by atoms with Gasteiger partial charge in [-0.3, -0.25) is 4.79 Å². The summed E-state index contributed by atoms with van der Waals surface area (Å²) in [6, 6.07) is 11.2. The Morgan fingerprint density at radius 1 is 1.00 bits per heavy atom. The fourth-order valence-electron chi connectivity index (χ4n) is 2.11. The first-order valence-corrected chi connectivity index (χ1v) is 5.79. The lowest BCUT2D eigenvalue weighted by Gasteiger charge is -2.02. The van der Waals surface area contributed by atoms with E-state index in [1.807, 2.05) is 0 Å². The van der Waals surface area contributed by atoms with Crippen LogP contribution in [-0.2, 0) is 0 Å². The molecule has 0 aliphatic heterocycles. The van der Waals surface area contributed by atoms with Gasteiger partial charge in [0.1, 0.15) is 11.5 Å². The van der Waals surface area contributed by atoms with Gasteiger partial charge >= 0.3 is 0 Å². The monoisotopic (exact) mass is 253 g/mol. The van der Waals surface area contributed by atoms with Crippen molar-refractivity contribution in [2.24, 2.45) is 0 Å². The third-order valence-corrected chi connectivity index (χ3v) is 3.06. The van der Waals surface area contributed by atoms with Gasteiger partial charge in [0.25, 0.3) is 0 Å². The minimum atomic E-state index is -0.282. The van der Waals surface area contributed by atoms with Crippen LogP contribution in [0.1, 0.15) is 15.9 Å². The number of phenols is 2. The number of aromatic hydroxyl groups is 2. The number of para-hydroxylation sites is 1. The van der Waals surface area contributed by atoms with Gasteiger partial charge in [0.15, 0.2) is 5.78 Å². The normalized spacial score (nSPS) is 10.7. The molecule has 2 aromatic carbocycles. The second-order valence-electron chi connectivity index (χ2n) is 4.28. The molecule has 0 spiro atoms. The van der Waals surface area contributed by atoms with Gasteiger partial charge in [0, 0.05) is 22.7 Å². The highest BCUT2D eigenvalue weighted by molar-refractivity contribution is 6.17. The van der Waals surface area contributed by atoms with Crippen molar-refractivity contribution >= 4 is 16.7 Å². The average molecular weight is 253 g/mol. The Balaban J connectivity index is 2.17. The molecule has 19 heavy (non-hydrogen) atoms. The molecule has 0 unspecified atom stereocenters. The summed E-state index contributed by atoms with van der Waals surface area (Å²) in [5, 5.41) is 19.9. The summed E-state index contributed by atoms with van der Waals surface area (Å²) in [5.74, 6) is -0.240. The van der Waals surface area contributed by atoms with E-state index in [2.05, 4.69) is 4.98 Å². The Hall–Kier alpha value is -2.75. The summed E-state index contributed by atoms with van der Waals surface area (Å²) in [4.78, 5) is 15.4. The molecule has 0 atom stereocenters. The molecule has 0 aliphatic rings. The number of benzene rings is 2. The maximum absolute atomic E-state index is 12.4. The first-order chi connectivity index (χ1) is 9.16. The number of phenolic OH excluding ortho intramolecular Hbond substituents is 2. The van der Waals surface area contributed by atoms with Crippen molar-refractivity contribution < 1.29 is 15.0 Å². The summed E-state index contributed by atoms with van der Waals surface area (Å²) in [6.07, 6.45) is 1.58. The maximum Gasteiger partial charge on any atom is 0.198 e. The number of aromatic nitrogens is 1. The molecule has 0 amide bonds. The standard InChI is InChI=1S/C15H11NO3/c17-9-5-6-13-11(7-9)12(8-16-13)15(19)10-3-1-2-4-14(10)18/h1-8,16-18H. The fraction of sp³-hybridized carbons (Fsp3) is 0. The number of H-pyrrole nitrogens is 1. The number of carbonyl (C=O) groups is 1. The van der Waals surface area contributed by atoms with Crippen molar-refractivity contribution in [3.8, 4) is 11.5 Å². The highest BCUT2D eigenvalue weighted by Gasteiger charge is 2.17. The van der Waals surface area contributed by atoms with Crippen LogP contribution in [0.25, 0.3) is 10.9 Å². The minimum absolute atomic E-state index is 0.0537. The van der Waals surface area contributed by atoms with E-state index in [0.29, 0.717) is 10.9 Å². The molecule has 0 fully saturated rings. The van der Waals surface area contributed by atoms with Crippen LogP contribution >= 0.6 is 0 Å². The molecule has 3 rings (SSSR count). The van der Waals surface area contributed by atoms with Gasteiger partial charge in [0.2, 0.25) is 0 Å². The van der Waals surface area contributed by atoms with Crippen molar-refractivity contribution in [2.75, 3.05) is 0 Å². The van der Waals surface area contributed by atoms with Crippen molar-refractivity contribution in [1.29, 1.82) is 0 Å². The van der Waals surface area contributed by atoms with Crippen LogP contribution in [0.15, 0.2) is 48.7 Å². The van der Waals surface area contributed by atoms with Crippen LogP contribution < -0.4 is 0 Å². The van der Waals surface area contributed by atoms with Gasteiger partial charge in [-0.2, -0.15) is 0 Å². The van der Waals surface area contributed by atoms with Gasteiger partial charge in [-0.15, -0.1) is 0 Å². The molecular weight excluding hydrogens is 242 g/mol. The Morgan fingerprint density at radius 3 is 2.58 bits per heavy atom. The SMILES string of the molecule is O=C(c1ccccc1O)c1c[nH]c2ccc(O)cc12. The van der Waals surface area contributed by atoms with Crippen LogP contribution in [0.2, 0.25) is 0 Å². The number of carbonyl (C=O) groups excluding carboxylic acids is 1. The third kappa shape index (κ3) is 1.83. The van der Waals surface area contributed by atoms with E-state index < -0.39 is 0 Å². The minimum Gasteiger partial charge on any atom is -0.508 e. The number of nitrogens with one attached hydrogen (secondary N) is 1. The van der Waals surface area contributed by atoms with Crippen LogP contribution in [0.5, 0.6) is 11.5 Å². The molecule has 0 aliphatic carbocycles. The number of hydrogen-bond acceptors (Lipinski definition) is 3. The zero-order chi connectivity index (χ0) is 13.4. The van der Waals surface area contributed by atoms with E-state index in [-0.39, 0.29) is 22.8 Å². The Bertz CT molecular complexity index is 774. The molecule has 3 aromatic rings. The van der Waals surface area contributed by atoms with Gasteiger partial charge in [-0.25, -0.2) is 0 Å². The maximum atomic E-state index is 12.4. The summed E-state index contributed by atoms with van der Waals surface area (Å²) in [6.45, 7) is 0. The van der Waals surface area contributed by atoms with E-state index in [1.165, 1.54) is 12.1 Å². The zero-order valence-corrected chi connectivity index (χ0v) is 9.92. The van der Waals surface area contributed by atoms with Crippen LogP contribution in [0.4, 0.5) is 0 Å². The molecule has 3 N–H and O–H groups in total. The smallest absolute Gasteiger partial charge is 0.198 e. The molecule has 0 saturated heterocycles. The lowest BCUT2D eigenvalue weighted by molar-refractivity contribution is 0.103. The van der Waals surface area contributed by atoms with Crippen molar-refractivity contribution in [3.63, 3.8) is 0 Å². The van der Waals surface area contributed by atoms with Crippen LogP contribution in [0.3, 0.4) is 0 Å². The second kappa shape index (κ2) is 4.17. The zero-order valence-electron chi connectivity index (χ0n) is 9.92. The average Bonchev–Trinajstić information content (AvgIpc) is 2.81. The predicted octanol–water partition coefficient (Wildman–Crippen LogP) is 2.81. The predicted molar refractivity (Wildman–Crippen MR) is 71.5 cm³/mol. The Labute approximate surface area is 108 Å². The fourth-order valence-corrected chi connectivity index (χ4v) is 2.11. The lowest BCUT2D eigenvalue weighted by atomic mass is 10.0. The van der Waals surface area contributed by atoms with Gasteiger partial charge in [-0.05, 0) is 30.3 Å². The number of hydrogen-bond donors (Lipinski definition) is 3. The van der Waals surface area contributed by atoms with E-state index >= 15 is 0 Å². The topological polar surface area (TPSA) is 73.3 Å². The molecule has 1 heterocycles. The van der Waals surface area contributed by atoms with Crippen LogP contribution in [0, 0.1) is 0 Å². The molecule has 4 heteroatoms. The molecule has 0 radical (unpaired) electrons. The van der Waals surface area contributed by atoms with Gasteiger partial charge in [-0.1, -0.05) is 12.1 Å². The molecular formula is C15H11NO3. The highest BCUT2D eigenvalue weighted by Crippen LogP contribution is 2.27. The van der Waals surface area contributed by atoms with E-state index in [1.54, 1.807) is 36.5 Å². The largest absolute Gasteiger partial charge is 0.508 e. The number of fused-ring (bicyclic) bond motifs is 1. The first-order valence-electron chi connectivity index (χ1n) is 5.79.